The van der Waals surface area contributed by atoms with Crippen LogP contribution in [0.5, 0.6) is 0 Å². The van der Waals surface area contributed by atoms with E-state index >= 15 is 0 Å². The minimum atomic E-state index is 0.0204. The van der Waals surface area contributed by atoms with Crippen LogP contribution in [0, 0.1) is 34.5 Å². The summed E-state index contributed by atoms with van der Waals surface area (Å²) in [6, 6.07) is 0. The number of imidazole rings is 1. The first-order valence-corrected chi connectivity index (χ1v) is 14.0. The lowest BCUT2D eigenvalue weighted by atomic mass is 9.47. The first-order chi connectivity index (χ1) is 16.9. The third kappa shape index (κ3) is 3.67. The summed E-state index contributed by atoms with van der Waals surface area (Å²) < 4.78 is 8.20. The predicted molar refractivity (Wildman–Crippen MR) is 135 cm³/mol. The van der Waals surface area contributed by atoms with E-state index in [9.17, 15) is 9.59 Å². The van der Waals surface area contributed by atoms with Crippen molar-refractivity contribution in [3.63, 3.8) is 0 Å². The van der Waals surface area contributed by atoms with Crippen LogP contribution in [-0.4, -0.2) is 27.9 Å². The number of hydrogen-bond acceptors (Lipinski definition) is 4. The van der Waals surface area contributed by atoms with Crippen LogP contribution in [0.4, 0.5) is 0 Å². The van der Waals surface area contributed by atoms with Gasteiger partial charge in [0.1, 0.15) is 12.4 Å². The van der Waals surface area contributed by atoms with Gasteiger partial charge >= 0.3 is 5.97 Å². The molecule has 6 rings (SSSR count). The Kier molecular flexibility index (Phi) is 5.80. The van der Waals surface area contributed by atoms with Gasteiger partial charge in [0, 0.05) is 35.5 Å². The molecule has 5 heteroatoms. The van der Waals surface area contributed by atoms with Crippen LogP contribution in [0.15, 0.2) is 35.9 Å². The van der Waals surface area contributed by atoms with E-state index in [1.54, 1.807) is 0 Å². The molecule has 5 nitrogen and oxygen atoms in total. The lowest BCUT2D eigenvalue weighted by Gasteiger charge is -2.57. The number of carbonyl (C=O) groups is 2. The molecular weight excluding hydrogens is 436 g/mol. The fourth-order valence-electron chi connectivity index (χ4n) is 8.97. The highest BCUT2D eigenvalue weighted by atomic mass is 16.5. The zero-order valence-corrected chi connectivity index (χ0v) is 21.4. The molecule has 188 valence electrons. The minimum absolute atomic E-state index is 0.0204. The Balaban J connectivity index is 1.20. The lowest BCUT2D eigenvalue weighted by Crippen LogP contribution is -2.50. The van der Waals surface area contributed by atoms with E-state index in [2.05, 4.69) is 29.5 Å². The Labute approximate surface area is 209 Å². The van der Waals surface area contributed by atoms with Crippen molar-refractivity contribution in [3.05, 3.63) is 35.9 Å². The molecule has 0 radical (unpaired) electrons. The van der Waals surface area contributed by atoms with Crippen molar-refractivity contribution in [3.8, 4) is 0 Å². The lowest BCUT2D eigenvalue weighted by molar-refractivity contribution is -0.157. The molecule has 0 unspecified atom stereocenters. The summed E-state index contributed by atoms with van der Waals surface area (Å²) in [6.07, 6.45) is 22.2. The van der Waals surface area contributed by atoms with Gasteiger partial charge < -0.3 is 9.30 Å². The highest BCUT2D eigenvalue weighted by Gasteiger charge is 2.58. The summed E-state index contributed by atoms with van der Waals surface area (Å²) in [6.45, 7) is 4.88. The number of carbonyl (C=O) groups excluding carboxylic acids is 2. The first-order valence-electron chi connectivity index (χ1n) is 14.0. The summed E-state index contributed by atoms with van der Waals surface area (Å²) in [5, 5.41) is 0. The first kappa shape index (κ1) is 23.2. The van der Waals surface area contributed by atoms with Crippen molar-refractivity contribution in [2.75, 3.05) is 0 Å². The van der Waals surface area contributed by atoms with Crippen LogP contribution in [0.25, 0.3) is 5.70 Å². The summed E-state index contributed by atoms with van der Waals surface area (Å²) in [4.78, 5) is 29.2. The van der Waals surface area contributed by atoms with Gasteiger partial charge in [-0.05, 0) is 74.5 Å². The second-order valence-corrected chi connectivity index (χ2v) is 12.5. The van der Waals surface area contributed by atoms with E-state index in [0.717, 1.165) is 63.2 Å². The smallest absolute Gasteiger partial charge is 0.309 e. The Morgan fingerprint density at radius 2 is 1.86 bits per heavy atom. The summed E-state index contributed by atoms with van der Waals surface area (Å²) >= 11 is 0. The molecule has 0 amide bonds. The number of rotatable bonds is 4. The van der Waals surface area contributed by atoms with Gasteiger partial charge in [-0.25, -0.2) is 4.98 Å². The number of ether oxygens (including phenoxy) is 1. The summed E-state index contributed by atoms with van der Waals surface area (Å²) in [7, 11) is 0. The number of allylic oxidation sites excluding steroid dienone is 3. The number of hydrogen-bond donors (Lipinski definition) is 0. The van der Waals surface area contributed by atoms with Crippen molar-refractivity contribution < 1.29 is 14.3 Å². The summed E-state index contributed by atoms with van der Waals surface area (Å²) in [5.41, 5.74) is 3.90. The largest absolute Gasteiger partial charge is 0.462 e. The van der Waals surface area contributed by atoms with Crippen LogP contribution in [-0.2, 0) is 14.3 Å². The second kappa shape index (κ2) is 8.74. The Morgan fingerprint density at radius 3 is 2.60 bits per heavy atom. The van der Waals surface area contributed by atoms with Crippen LogP contribution in [0.3, 0.4) is 0 Å². The average Bonchev–Trinajstić information content (AvgIpc) is 3.49. The molecule has 1 aromatic rings. The topological polar surface area (TPSA) is 61.2 Å². The van der Waals surface area contributed by atoms with Crippen molar-refractivity contribution in [1.82, 2.24) is 9.55 Å². The van der Waals surface area contributed by atoms with E-state index < -0.39 is 0 Å². The van der Waals surface area contributed by atoms with Gasteiger partial charge in [-0.1, -0.05) is 44.8 Å². The van der Waals surface area contributed by atoms with E-state index in [4.69, 9.17) is 4.74 Å². The predicted octanol–water partition coefficient (Wildman–Crippen LogP) is 6.36. The van der Waals surface area contributed by atoms with Crippen LogP contribution in [0.2, 0.25) is 0 Å². The van der Waals surface area contributed by atoms with Crippen LogP contribution in [0.1, 0.15) is 90.9 Å². The van der Waals surface area contributed by atoms with Gasteiger partial charge in [-0.3, -0.25) is 9.59 Å². The van der Waals surface area contributed by atoms with Crippen molar-refractivity contribution >= 4 is 18.0 Å². The van der Waals surface area contributed by atoms with Gasteiger partial charge in [-0.15, -0.1) is 0 Å². The molecule has 0 spiro atoms. The van der Waals surface area contributed by atoms with Crippen LogP contribution < -0.4 is 0 Å². The van der Waals surface area contributed by atoms with Gasteiger partial charge in [0.05, 0.1) is 12.2 Å². The third-order valence-corrected chi connectivity index (χ3v) is 10.9. The maximum absolute atomic E-state index is 12.8. The minimum Gasteiger partial charge on any atom is -0.462 e. The molecule has 3 fully saturated rings. The molecule has 3 saturated carbocycles. The Hall–Kier alpha value is -2.17. The molecular formula is C30H40N2O3. The molecule has 1 aromatic heterocycles. The number of fused-ring (bicyclic) bond motifs is 5. The quantitative estimate of drug-likeness (QED) is 0.288. The fraction of sp³-hybridized carbons (Fsp3) is 0.700. The maximum atomic E-state index is 12.8. The SMILES string of the molecule is C[C@]12CC[C@H](OC(=O)C3CCCCC3)CC1=CC[C@@H]1[C@@H]2CC[C@]2(C)C(n3ccnc3)=C(C=O)C[C@@H]12. The molecule has 0 aliphatic heterocycles. The molecule has 35 heavy (non-hydrogen) atoms. The van der Waals surface area contributed by atoms with E-state index in [-0.39, 0.29) is 28.8 Å². The van der Waals surface area contributed by atoms with Gasteiger partial charge in [-0.2, -0.15) is 0 Å². The molecule has 5 aliphatic carbocycles. The van der Waals surface area contributed by atoms with Gasteiger partial charge in [0.25, 0.3) is 0 Å². The Morgan fingerprint density at radius 1 is 1.06 bits per heavy atom. The van der Waals surface area contributed by atoms with Crippen molar-refractivity contribution in [2.45, 2.75) is 97.0 Å². The molecule has 0 saturated heterocycles. The van der Waals surface area contributed by atoms with Gasteiger partial charge in [0.2, 0.25) is 0 Å². The summed E-state index contributed by atoms with van der Waals surface area (Å²) in [5.74, 6) is 1.93. The van der Waals surface area contributed by atoms with E-state index in [1.165, 1.54) is 37.0 Å². The number of esters is 1. The maximum Gasteiger partial charge on any atom is 0.309 e. The number of aldehydes is 1. The third-order valence-electron chi connectivity index (χ3n) is 10.9. The molecule has 5 aliphatic rings. The Bertz CT molecular complexity index is 1050. The molecule has 0 aromatic carbocycles. The van der Waals surface area contributed by atoms with Crippen molar-refractivity contribution in [2.24, 2.45) is 34.5 Å². The standard InChI is InChI=1S/C30H40N2O3/c1-29-12-10-23(35-28(34)20-6-4-3-5-7-20)17-22(29)8-9-24-25(29)11-13-30(2)26(24)16-21(18-33)27(30)32-15-14-31-19-32/h8,14-15,18-20,23-26H,3-7,9-13,16-17H2,1-2H3/t23-,24+,25-,26-,29-,30-/m0/s1. The number of aromatic nitrogens is 2. The molecule has 6 atom stereocenters. The zero-order valence-electron chi connectivity index (χ0n) is 21.4. The van der Waals surface area contributed by atoms with Crippen molar-refractivity contribution in [1.29, 1.82) is 0 Å². The van der Waals surface area contributed by atoms with E-state index in [1.807, 2.05) is 18.7 Å². The monoisotopic (exact) mass is 476 g/mol. The zero-order chi connectivity index (χ0) is 24.2. The highest BCUT2D eigenvalue weighted by Crippen LogP contribution is 2.66. The fourth-order valence-corrected chi connectivity index (χ4v) is 8.97. The molecule has 0 N–H and O–H groups in total. The molecule has 0 bridgehead atoms. The number of nitrogens with zero attached hydrogens (tertiary/aromatic N) is 2. The molecule has 1 heterocycles. The second-order valence-electron chi connectivity index (χ2n) is 12.5. The highest BCUT2D eigenvalue weighted by molar-refractivity contribution is 5.86. The van der Waals surface area contributed by atoms with E-state index in [0.29, 0.717) is 17.8 Å². The van der Waals surface area contributed by atoms with Crippen LogP contribution >= 0.6 is 0 Å². The normalized spacial score (nSPS) is 39.3. The van der Waals surface area contributed by atoms with Gasteiger partial charge in [0.15, 0.2) is 0 Å². The average molecular weight is 477 g/mol.